The van der Waals surface area contributed by atoms with E-state index in [0.717, 1.165) is 9.13 Å². The van der Waals surface area contributed by atoms with Gasteiger partial charge in [-0.1, -0.05) is 42.5 Å². The van der Waals surface area contributed by atoms with Gasteiger partial charge in [-0.05, 0) is 46.4 Å². The number of hydrogen-bond donors (Lipinski definition) is 3. The van der Waals surface area contributed by atoms with Crippen LogP contribution in [0.5, 0.6) is 5.75 Å². The van der Waals surface area contributed by atoms with Gasteiger partial charge in [0.15, 0.2) is 0 Å². The van der Waals surface area contributed by atoms with Gasteiger partial charge >= 0.3 is 0 Å². The van der Waals surface area contributed by atoms with Crippen molar-refractivity contribution in [3.8, 4) is 5.75 Å². The molecule has 9 heteroatoms. The van der Waals surface area contributed by atoms with Crippen molar-refractivity contribution in [1.82, 2.24) is 10.2 Å². The summed E-state index contributed by atoms with van der Waals surface area (Å²) in [7, 11) is 1.53. The standard InChI is InChI=1S/C26H31IN2O6/c1-34-14-11-24(31)29(17-18-7-3-2-4-8-18)21-15-19(26(33)28-12-13-30)16-23(25(21)32)35-22-10-6-5-9-20(22)27/h2-10,16,21,23,25,30,32H,11-15,17H2,1H3,(H,28,33). The van der Waals surface area contributed by atoms with Crippen molar-refractivity contribution in [2.24, 2.45) is 0 Å². The lowest BCUT2D eigenvalue weighted by Crippen LogP contribution is -2.55. The van der Waals surface area contributed by atoms with E-state index in [9.17, 15) is 14.7 Å². The van der Waals surface area contributed by atoms with E-state index in [0.29, 0.717) is 11.3 Å². The minimum absolute atomic E-state index is 0.103. The van der Waals surface area contributed by atoms with Gasteiger partial charge in [0.2, 0.25) is 11.8 Å². The third-order valence-electron chi connectivity index (χ3n) is 5.75. The Labute approximate surface area is 219 Å². The number of aliphatic hydroxyl groups excluding tert-OH is 2. The molecule has 2 amide bonds. The van der Waals surface area contributed by atoms with Crippen LogP contribution in [0.4, 0.5) is 0 Å². The average molecular weight is 594 g/mol. The second-order valence-electron chi connectivity index (χ2n) is 8.20. The maximum atomic E-state index is 13.3. The largest absolute Gasteiger partial charge is 0.482 e. The van der Waals surface area contributed by atoms with Gasteiger partial charge in [-0.3, -0.25) is 9.59 Å². The Morgan fingerprint density at radius 1 is 1.14 bits per heavy atom. The molecule has 0 bridgehead atoms. The lowest BCUT2D eigenvalue weighted by Gasteiger charge is -2.40. The quantitative estimate of drug-likeness (QED) is 0.345. The zero-order valence-electron chi connectivity index (χ0n) is 19.6. The zero-order chi connectivity index (χ0) is 25.2. The first kappa shape index (κ1) is 27.1. The number of hydrogen-bond acceptors (Lipinski definition) is 6. The van der Waals surface area contributed by atoms with Gasteiger partial charge in [0.1, 0.15) is 18.0 Å². The Bertz CT molecular complexity index is 1020. The molecule has 8 nitrogen and oxygen atoms in total. The molecule has 0 radical (unpaired) electrons. The van der Waals surface area contributed by atoms with Crippen molar-refractivity contribution < 1.29 is 29.3 Å². The van der Waals surface area contributed by atoms with Crippen LogP contribution in [0.25, 0.3) is 0 Å². The summed E-state index contributed by atoms with van der Waals surface area (Å²) in [6.45, 7) is 0.426. The monoisotopic (exact) mass is 594 g/mol. The second-order valence-corrected chi connectivity index (χ2v) is 9.36. The van der Waals surface area contributed by atoms with Crippen LogP contribution in [0.3, 0.4) is 0 Å². The van der Waals surface area contributed by atoms with Crippen LogP contribution in [0, 0.1) is 3.57 Å². The first-order chi connectivity index (χ1) is 16.9. The molecular weight excluding hydrogens is 563 g/mol. The summed E-state index contributed by atoms with van der Waals surface area (Å²) in [4.78, 5) is 27.7. The molecule has 0 aliphatic heterocycles. The molecule has 3 unspecified atom stereocenters. The number of benzene rings is 2. The normalized spacial score (nSPS) is 19.5. The van der Waals surface area contributed by atoms with Crippen molar-refractivity contribution in [3.05, 3.63) is 75.4 Å². The SMILES string of the molecule is COCCC(=O)N(Cc1ccccc1)C1CC(C(=O)NCCO)=CC(Oc2ccccc2I)C1O. The highest BCUT2D eigenvalue weighted by Gasteiger charge is 2.40. The molecule has 188 valence electrons. The third kappa shape index (κ3) is 7.50. The predicted octanol–water partition coefficient (Wildman–Crippen LogP) is 2.27. The van der Waals surface area contributed by atoms with Crippen LogP contribution < -0.4 is 10.1 Å². The van der Waals surface area contributed by atoms with E-state index in [1.54, 1.807) is 17.0 Å². The van der Waals surface area contributed by atoms with Gasteiger partial charge < -0.3 is 29.9 Å². The van der Waals surface area contributed by atoms with Crippen LogP contribution in [-0.2, 0) is 20.9 Å². The molecule has 0 aromatic heterocycles. The maximum Gasteiger partial charge on any atom is 0.247 e. The molecule has 0 spiro atoms. The molecule has 0 fully saturated rings. The molecule has 0 saturated carbocycles. The molecule has 0 heterocycles. The van der Waals surface area contributed by atoms with Crippen LogP contribution in [-0.4, -0.2) is 72.0 Å². The van der Waals surface area contributed by atoms with Crippen molar-refractivity contribution in [2.75, 3.05) is 26.9 Å². The molecule has 2 aromatic rings. The highest BCUT2D eigenvalue weighted by molar-refractivity contribution is 14.1. The minimum Gasteiger partial charge on any atom is -0.482 e. The molecular formula is C26H31IN2O6. The molecule has 1 aliphatic rings. The summed E-state index contributed by atoms with van der Waals surface area (Å²) in [5.74, 6) is 0.0191. The van der Waals surface area contributed by atoms with E-state index < -0.39 is 18.2 Å². The summed E-state index contributed by atoms with van der Waals surface area (Å²) in [6, 6.07) is 16.2. The molecule has 3 rings (SSSR count). The smallest absolute Gasteiger partial charge is 0.247 e. The van der Waals surface area contributed by atoms with Crippen LogP contribution in [0.2, 0.25) is 0 Å². The van der Waals surface area contributed by atoms with Crippen LogP contribution in [0.1, 0.15) is 18.4 Å². The number of nitrogens with one attached hydrogen (secondary N) is 1. The van der Waals surface area contributed by atoms with Crippen molar-refractivity contribution in [2.45, 2.75) is 37.6 Å². The third-order valence-corrected chi connectivity index (χ3v) is 6.64. The van der Waals surface area contributed by atoms with E-state index >= 15 is 0 Å². The fourth-order valence-corrected chi connectivity index (χ4v) is 4.48. The molecule has 35 heavy (non-hydrogen) atoms. The number of methoxy groups -OCH3 is 1. The number of carbonyl (C=O) groups is 2. The number of rotatable bonds is 11. The van der Waals surface area contributed by atoms with Gasteiger partial charge in [-0.25, -0.2) is 0 Å². The molecule has 1 aliphatic carbocycles. The van der Waals surface area contributed by atoms with E-state index in [-0.39, 0.29) is 51.0 Å². The van der Waals surface area contributed by atoms with Gasteiger partial charge in [0, 0.05) is 32.2 Å². The van der Waals surface area contributed by atoms with Crippen molar-refractivity contribution in [1.29, 1.82) is 0 Å². The topological polar surface area (TPSA) is 108 Å². The predicted molar refractivity (Wildman–Crippen MR) is 140 cm³/mol. The number of ether oxygens (including phenoxy) is 2. The van der Waals surface area contributed by atoms with Gasteiger partial charge in [-0.15, -0.1) is 0 Å². The molecule has 2 aromatic carbocycles. The Morgan fingerprint density at radius 3 is 2.54 bits per heavy atom. The average Bonchev–Trinajstić information content (AvgIpc) is 2.87. The Morgan fingerprint density at radius 2 is 1.86 bits per heavy atom. The zero-order valence-corrected chi connectivity index (χ0v) is 21.8. The summed E-state index contributed by atoms with van der Waals surface area (Å²) in [5.41, 5.74) is 1.30. The van der Waals surface area contributed by atoms with E-state index in [4.69, 9.17) is 14.6 Å². The number of carbonyl (C=O) groups excluding carboxylic acids is 2. The highest BCUT2D eigenvalue weighted by Crippen LogP contribution is 2.30. The lowest BCUT2D eigenvalue weighted by atomic mass is 9.87. The summed E-state index contributed by atoms with van der Waals surface area (Å²) in [6.07, 6.45) is -0.0270. The number of halogens is 1. The Kier molecular flexibility index (Phi) is 10.5. The van der Waals surface area contributed by atoms with Gasteiger partial charge in [0.05, 0.1) is 29.2 Å². The first-order valence-corrected chi connectivity index (χ1v) is 12.5. The van der Waals surface area contributed by atoms with Crippen LogP contribution >= 0.6 is 22.6 Å². The van der Waals surface area contributed by atoms with E-state index in [1.807, 2.05) is 48.5 Å². The van der Waals surface area contributed by atoms with Gasteiger partial charge in [-0.2, -0.15) is 0 Å². The maximum absolute atomic E-state index is 13.3. The van der Waals surface area contributed by atoms with E-state index in [1.165, 1.54) is 7.11 Å². The van der Waals surface area contributed by atoms with Gasteiger partial charge in [0.25, 0.3) is 0 Å². The summed E-state index contributed by atoms with van der Waals surface area (Å²) in [5, 5.41) is 23.2. The van der Waals surface area contributed by atoms with Crippen molar-refractivity contribution in [3.63, 3.8) is 0 Å². The molecule has 0 saturated heterocycles. The first-order valence-electron chi connectivity index (χ1n) is 11.5. The Balaban J connectivity index is 1.95. The Hall–Kier alpha value is -2.47. The minimum atomic E-state index is -1.07. The van der Waals surface area contributed by atoms with E-state index in [2.05, 4.69) is 27.9 Å². The number of amides is 2. The van der Waals surface area contributed by atoms with Crippen LogP contribution in [0.15, 0.2) is 66.2 Å². The highest BCUT2D eigenvalue weighted by atomic mass is 127. The fourth-order valence-electron chi connectivity index (χ4n) is 3.97. The summed E-state index contributed by atoms with van der Waals surface area (Å²) < 4.78 is 12.1. The van der Waals surface area contributed by atoms with Crippen molar-refractivity contribution >= 4 is 34.4 Å². The fraction of sp³-hybridized carbons (Fsp3) is 0.385. The number of aliphatic hydroxyl groups is 2. The lowest BCUT2D eigenvalue weighted by molar-refractivity contribution is -0.140. The molecule has 3 N–H and O–H groups in total. The molecule has 3 atom stereocenters. The number of nitrogens with zero attached hydrogens (tertiary/aromatic N) is 1. The second kappa shape index (κ2) is 13.6. The summed E-state index contributed by atoms with van der Waals surface area (Å²) >= 11 is 2.15. The number of para-hydroxylation sites is 1.